The molecule has 2 aromatic rings. The average Bonchev–Trinajstić information content (AvgIpc) is 2.42. The first-order valence-electron chi connectivity index (χ1n) is 5.76. The summed E-state index contributed by atoms with van der Waals surface area (Å²) >= 11 is 9.07. The lowest BCUT2D eigenvalue weighted by Crippen LogP contribution is -2.15. The van der Waals surface area contributed by atoms with Gasteiger partial charge in [0, 0.05) is 22.4 Å². The first-order chi connectivity index (χ1) is 9.90. The maximum atomic E-state index is 12.1. The number of aromatic nitrogens is 1. The van der Waals surface area contributed by atoms with Crippen LogP contribution in [-0.2, 0) is 0 Å². The number of pyridine rings is 1. The molecule has 0 atom stereocenters. The quantitative estimate of drug-likeness (QED) is 0.654. The largest absolute Gasteiger partial charge is 0.320 e. The summed E-state index contributed by atoms with van der Waals surface area (Å²) in [4.78, 5) is 26.3. The van der Waals surface area contributed by atoms with Crippen LogP contribution in [0.2, 0.25) is 5.02 Å². The summed E-state index contributed by atoms with van der Waals surface area (Å²) in [6, 6.07) is 6.04. The molecular weight excluding hydrogens is 362 g/mol. The van der Waals surface area contributed by atoms with Gasteiger partial charge in [-0.2, -0.15) is 0 Å². The number of nitrogens with zero attached hydrogens (tertiary/aromatic N) is 2. The number of anilines is 1. The van der Waals surface area contributed by atoms with Gasteiger partial charge < -0.3 is 5.32 Å². The van der Waals surface area contributed by atoms with Crippen molar-refractivity contribution in [3.05, 3.63) is 61.3 Å². The third-order valence-corrected chi connectivity index (χ3v) is 3.65. The van der Waals surface area contributed by atoms with Crippen molar-refractivity contribution in [2.45, 2.75) is 6.92 Å². The maximum Gasteiger partial charge on any atom is 0.288 e. The van der Waals surface area contributed by atoms with Crippen LogP contribution in [0.1, 0.15) is 16.1 Å². The van der Waals surface area contributed by atoms with Gasteiger partial charge >= 0.3 is 0 Å². The van der Waals surface area contributed by atoms with Crippen molar-refractivity contribution in [2.75, 3.05) is 5.32 Å². The zero-order chi connectivity index (χ0) is 15.6. The molecule has 1 amide bonds. The Morgan fingerprint density at radius 1 is 1.48 bits per heavy atom. The van der Waals surface area contributed by atoms with Crippen molar-refractivity contribution in [1.82, 2.24) is 4.98 Å². The van der Waals surface area contributed by atoms with E-state index in [4.69, 9.17) is 11.6 Å². The fourth-order valence-electron chi connectivity index (χ4n) is 1.68. The lowest BCUT2D eigenvalue weighted by Gasteiger charge is -2.09. The maximum absolute atomic E-state index is 12.1. The number of halogens is 2. The zero-order valence-corrected chi connectivity index (χ0v) is 13.1. The van der Waals surface area contributed by atoms with E-state index in [1.807, 2.05) is 0 Å². The zero-order valence-electron chi connectivity index (χ0n) is 10.8. The molecule has 0 spiro atoms. The Bertz CT molecular complexity index is 737. The molecule has 0 aliphatic rings. The Morgan fingerprint density at radius 2 is 2.19 bits per heavy atom. The third kappa shape index (κ3) is 3.37. The molecule has 1 aromatic heterocycles. The van der Waals surface area contributed by atoms with Crippen molar-refractivity contribution in [2.24, 2.45) is 0 Å². The first-order valence-corrected chi connectivity index (χ1v) is 6.93. The lowest BCUT2D eigenvalue weighted by molar-refractivity contribution is -0.384. The Morgan fingerprint density at radius 3 is 2.81 bits per heavy atom. The van der Waals surface area contributed by atoms with E-state index in [9.17, 15) is 14.9 Å². The van der Waals surface area contributed by atoms with Crippen LogP contribution in [0.5, 0.6) is 0 Å². The fraction of sp³-hybridized carbons (Fsp3) is 0.0769. The smallest absolute Gasteiger partial charge is 0.288 e. The molecule has 0 saturated carbocycles. The van der Waals surface area contributed by atoms with Crippen molar-refractivity contribution in [3.63, 3.8) is 0 Å². The van der Waals surface area contributed by atoms with Crippen LogP contribution < -0.4 is 5.32 Å². The van der Waals surface area contributed by atoms with Gasteiger partial charge in [0.1, 0.15) is 10.7 Å². The molecule has 6 nitrogen and oxygen atoms in total. The van der Waals surface area contributed by atoms with Crippen LogP contribution in [-0.4, -0.2) is 15.8 Å². The van der Waals surface area contributed by atoms with Crippen LogP contribution in [0.15, 0.2) is 34.9 Å². The SMILES string of the molecule is Cc1cc([N+](=O)[O-])c(Cl)cc1NC(=O)c1ncccc1Br. The Balaban J connectivity index is 2.32. The second-order valence-electron chi connectivity index (χ2n) is 4.16. The number of benzene rings is 1. The highest BCUT2D eigenvalue weighted by Gasteiger charge is 2.18. The molecule has 0 aliphatic carbocycles. The van der Waals surface area contributed by atoms with E-state index < -0.39 is 10.8 Å². The molecule has 0 fully saturated rings. The molecule has 21 heavy (non-hydrogen) atoms. The van der Waals surface area contributed by atoms with Gasteiger partial charge in [-0.3, -0.25) is 14.9 Å². The summed E-state index contributed by atoms with van der Waals surface area (Å²) in [6.07, 6.45) is 1.50. The minimum absolute atomic E-state index is 0.0408. The molecule has 1 heterocycles. The second-order valence-corrected chi connectivity index (χ2v) is 5.43. The number of aryl methyl sites for hydroxylation is 1. The molecule has 2 rings (SSSR count). The summed E-state index contributed by atoms with van der Waals surface area (Å²) in [5.41, 5.74) is 0.942. The normalized spacial score (nSPS) is 10.2. The van der Waals surface area contributed by atoms with Crippen molar-refractivity contribution in [3.8, 4) is 0 Å². The Labute approximate surface area is 133 Å². The van der Waals surface area contributed by atoms with Crippen molar-refractivity contribution >= 4 is 44.8 Å². The first kappa shape index (κ1) is 15.4. The standard InChI is InChI=1S/C13H9BrClN3O3/c1-7-5-11(18(20)21)9(15)6-10(7)17-13(19)12-8(14)3-2-4-16-12/h2-6H,1H3,(H,17,19). The number of nitrogens with one attached hydrogen (secondary N) is 1. The van der Waals surface area contributed by atoms with Gasteiger partial charge in [0.15, 0.2) is 0 Å². The second kappa shape index (κ2) is 6.19. The fourth-order valence-corrected chi connectivity index (χ4v) is 2.34. The van der Waals surface area contributed by atoms with Crippen molar-refractivity contribution in [1.29, 1.82) is 0 Å². The third-order valence-electron chi connectivity index (χ3n) is 2.71. The number of hydrogen-bond acceptors (Lipinski definition) is 4. The van der Waals surface area contributed by atoms with Gasteiger partial charge in [-0.25, -0.2) is 4.98 Å². The molecule has 0 bridgehead atoms. The number of amides is 1. The molecule has 0 aliphatic heterocycles. The summed E-state index contributed by atoms with van der Waals surface area (Å²) < 4.78 is 0.549. The van der Waals surface area contributed by atoms with Crippen LogP contribution in [0, 0.1) is 17.0 Å². The van der Waals surface area contributed by atoms with Gasteiger partial charge in [0.25, 0.3) is 11.6 Å². The van der Waals surface area contributed by atoms with E-state index in [0.29, 0.717) is 15.7 Å². The number of nitro groups is 1. The number of hydrogen-bond donors (Lipinski definition) is 1. The Kier molecular flexibility index (Phi) is 4.54. The summed E-state index contributed by atoms with van der Waals surface area (Å²) in [5.74, 6) is -0.435. The predicted molar refractivity (Wildman–Crippen MR) is 82.7 cm³/mol. The van der Waals surface area contributed by atoms with Gasteiger partial charge in [-0.1, -0.05) is 11.6 Å². The van der Waals surface area contributed by atoms with Gasteiger partial charge in [-0.05, 0) is 46.6 Å². The number of nitro benzene ring substituents is 1. The van der Waals surface area contributed by atoms with E-state index in [2.05, 4.69) is 26.2 Å². The van der Waals surface area contributed by atoms with E-state index in [1.54, 1.807) is 19.1 Å². The summed E-state index contributed by atoms with van der Waals surface area (Å²) in [5, 5.41) is 13.4. The topological polar surface area (TPSA) is 85.1 Å². The minimum atomic E-state index is -0.573. The molecule has 0 unspecified atom stereocenters. The summed E-state index contributed by atoms with van der Waals surface area (Å²) in [6.45, 7) is 1.65. The van der Waals surface area contributed by atoms with Gasteiger partial charge in [-0.15, -0.1) is 0 Å². The van der Waals surface area contributed by atoms with Crippen LogP contribution in [0.3, 0.4) is 0 Å². The lowest BCUT2D eigenvalue weighted by atomic mass is 10.1. The van der Waals surface area contributed by atoms with Gasteiger partial charge in [0.05, 0.1) is 4.92 Å². The highest BCUT2D eigenvalue weighted by molar-refractivity contribution is 9.10. The molecule has 108 valence electrons. The molecule has 1 aromatic carbocycles. The number of carbonyl (C=O) groups excluding carboxylic acids is 1. The average molecular weight is 371 g/mol. The summed E-state index contributed by atoms with van der Waals surface area (Å²) in [7, 11) is 0. The predicted octanol–water partition coefficient (Wildman–Crippen LogP) is 3.97. The highest BCUT2D eigenvalue weighted by atomic mass is 79.9. The molecule has 1 N–H and O–H groups in total. The number of carbonyl (C=O) groups is 1. The monoisotopic (exact) mass is 369 g/mol. The van der Waals surface area contributed by atoms with E-state index in [1.165, 1.54) is 18.3 Å². The van der Waals surface area contributed by atoms with Crippen LogP contribution in [0.25, 0.3) is 0 Å². The van der Waals surface area contributed by atoms with Crippen LogP contribution >= 0.6 is 27.5 Å². The van der Waals surface area contributed by atoms with Crippen molar-refractivity contribution < 1.29 is 9.72 Å². The molecule has 0 radical (unpaired) electrons. The molecule has 8 heteroatoms. The minimum Gasteiger partial charge on any atom is -0.320 e. The van der Waals surface area contributed by atoms with Crippen LogP contribution in [0.4, 0.5) is 11.4 Å². The van der Waals surface area contributed by atoms with Gasteiger partial charge in [0.2, 0.25) is 0 Å². The Hall–Kier alpha value is -1.99. The highest BCUT2D eigenvalue weighted by Crippen LogP contribution is 2.30. The molecular formula is C13H9BrClN3O3. The van der Waals surface area contributed by atoms with E-state index in [0.717, 1.165) is 0 Å². The van der Waals surface area contributed by atoms with E-state index >= 15 is 0 Å². The molecule has 0 saturated heterocycles. The number of rotatable bonds is 3. The van der Waals surface area contributed by atoms with E-state index in [-0.39, 0.29) is 16.4 Å².